The van der Waals surface area contributed by atoms with Crippen LogP contribution in [0.25, 0.3) is 0 Å². The summed E-state index contributed by atoms with van der Waals surface area (Å²) in [7, 11) is 1.55. The maximum absolute atomic E-state index is 10.8. The van der Waals surface area contributed by atoms with Crippen LogP contribution in [-0.4, -0.2) is 92.3 Å². The number of aliphatic carboxylic acids is 2. The van der Waals surface area contributed by atoms with Gasteiger partial charge < -0.3 is 36.0 Å². The minimum atomic E-state index is -1.75. The fourth-order valence-corrected chi connectivity index (χ4v) is 1.94. The van der Waals surface area contributed by atoms with Gasteiger partial charge in [-0.25, -0.2) is 0 Å². The molecule has 0 aromatic rings. The van der Waals surface area contributed by atoms with Crippen LogP contribution in [0.15, 0.2) is 0 Å². The Labute approximate surface area is 127 Å². The van der Waals surface area contributed by atoms with Crippen molar-refractivity contribution in [3.63, 3.8) is 0 Å². The summed E-state index contributed by atoms with van der Waals surface area (Å²) in [5.74, 6) is -2.49. The molecule has 0 aromatic carbocycles. The van der Waals surface area contributed by atoms with Gasteiger partial charge >= 0.3 is 11.9 Å². The zero-order chi connectivity index (χ0) is 17.3. The van der Waals surface area contributed by atoms with Crippen molar-refractivity contribution in [3.05, 3.63) is 0 Å². The third-order valence-electron chi connectivity index (χ3n) is 3.12. The molecular formula is C12H24N2O8. The van der Waals surface area contributed by atoms with Crippen molar-refractivity contribution >= 4 is 11.9 Å². The summed E-state index contributed by atoms with van der Waals surface area (Å²) in [6.45, 7) is 0.534. The summed E-state index contributed by atoms with van der Waals surface area (Å²) in [4.78, 5) is 22.8. The summed E-state index contributed by atoms with van der Waals surface area (Å²) < 4.78 is 0. The molecule has 0 aliphatic carbocycles. The van der Waals surface area contributed by atoms with Gasteiger partial charge in [-0.2, -0.15) is 0 Å². The first-order chi connectivity index (χ1) is 10.1. The number of carboxylic acid groups (broad SMARTS) is 2. The number of hydrogen-bond acceptors (Lipinski definition) is 8. The first kappa shape index (κ1) is 20.7. The highest BCUT2D eigenvalue weighted by atomic mass is 16.5. The molecule has 0 aliphatic heterocycles. The molecular weight excluding hydrogens is 300 g/mol. The van der Waals surface area contributed by atoms with Crippen molar-refractivity contribution < 1.29 is 40.2 Å². The van der Waals surface area contributed by atoms with E-state index in [1.54, 1.807) is 7.05 Å². The van der Waals surface area contributed by atoms with Crippen molar-refractivity contribution in [3.8, 4) is 0 Å². The van der Waals surface area contributed by atoms with Crippen LogP contribution >= 0.6 is 0 Å². The van der Waals surface area contributed by atoms with Crippen LogP contribution in [0, 0.1) is 0 Å². The van der Waals surface area contributed by atoms with Gasteiger partial charge in [0.05, 0.1) is 12.5 Å². The molecule has 0 aliphatic rings. The van der Waals surface area contributed by atoms with E-state index < -0.39 is 43.0 Å². The maximum Gasteiger partial charge on any atom is 0.321 e. The minimum absolute atomic E-state index is 0.213. The highest BCUT2D eigenvalue weighted by molar-refractivity contribution is 5.80. The molecule has 0 amide bonds. The number of likely N-dealkylation sites (N-methyl/N-ethyl adjacent to an activating group) is 1. The topological polar surface area (TPSA) is 171 Å². The van der Waals surface area contributed by atoms with E-state index in [1.807, 2.05) is 0 Å². The standard InChI is InChI=1S/C12H24N2O8/c1-14(8(12(21)22)6-10(17)18)4-2-3-13-7(11(19)20)5-9(15)16/h7-8,10,12-13,17-18,21-22H,2-6H2,1H3,(H,15,16)(H,19,20). The van der Waals surface area contributed by atoms with E-state index in [2.05, 4.69) is 5.32 Å². The Bertz CT molecular complexity index is 350. The lowest BCUT2D eigenvalue weighted by Crippen LogP contribution is -2.45. The molecule has 130 valence electrons. The summed E-state index contributed by atoms with van der Waals surface area (Å²) in [5, 5.41) is 56.1. The number of hydrogen-bond donors (Lipinski definition) is 7. The third kappa shape index (κ3) is 8.87. The Morgan fingerprint density at radius 1 is 1.14 bits per heavy atom. The van der Waals surface area contributed by atoms with Crippen LogP contribution in [0.5, 0.6) is 0 Å². The molecule has 0 radical (unpaired) electrons. The van der Waals surface area contributed by atoms with E-state index in [4.69, 9.17) is 20.4 Å². The molecule has 0 rings (SSSR count). The molecule has 0 saturated heterocycles. The lowest BCUT2D eigenvalue weighted by Gasteiger charge is -2.30. The molecule has 0 fully saturated rings. The average Bonchev–Trinajstić information content (AvgIpc) is 2.37. The fraction of sp³-hybridized carbons (Fsp3) is 0.833. The Balaban J connectivity index is 4.20. The molecule has 10 nitrogen and oxygen atoms in total. The second kappa shape index (κ2) is 10.4. The highest BCUT2D eigenvalue weighted by Crippen LogP contribution is 2.08. The highest BCUT2D eigenvalue weighted by Gasteiger charge is 2.24. The number of rotatable bonds is 12. The second-order valence-corrected chi connectivity index (χ2v) is 4.97. The van der Waals surface area contributed by atoms with E-state index in [-0.39, 0.29) is 13.0 Å². The normalized spacial score (nSPS) is 14.5. The van der Waals surface area contributed by atoms with E-state index >= 15 is 0 Å². The van der Waals surface area contributed by atoms with Gasteiger partial charge in [0.2, 0.25) is 0 Å². The molecule has 7 N–H and O–H groups in total. The molecule has 0 spiro atoms. The van der Waals surface area contributed by atoms with E-state index in [0.29, 0.717) is 13.0 Å². The zero-order valence-electron chi connectivity index (χ0n) is 12.3. The Morgan fingerprint density at radius 3 is 2.14 bits per heavy atom. The number of carbonyl (C=O) groups is 2. The van der Waals surface area contributed by atoms with Gasteiger partial charge in [-0.05, 0) is 26.6 Å². The molecule has 2 atom stereocenters. The predicted octanol–water partition coefficient (Wildman–Crippen LogP) is -2.79. The number of aliphatic hydroxyl groups excluding tert-OH is 2. The number of nitrogens with one attached hydrogen (secondary N) is 1. The average molecular weight is 324 g/mol. The van der Waals surface area contributed by atoms with Gasteiger partial charge in [0, 0.05) is 6.42 Å². The monoisotopic (exact) mass is 324 g/mol. The first-order valence-electron chi connectivity index (χ1n) is 6.75. The van der Waals surface area contributed by atoms with Gasteiger partial charge in [-0.3, -0.25) is 14.5 Å². The van der Waals surface area contributed by atoms with Gasteiger partial charge in [-0.15, -0.1) is 0 Å². The van der Waals surface area contributed by atoms with Crippen molar-refractivity contribution in [2.75, 3.05) is 20.1 Å². The summed E-state index contributed by atoms with van der Waals surface area (Å²) in [6.07, 6.45) is -3.82. The van der Waals surface area contributed by atoms with Crippen LogP contribution in [-0.2, 0) is 9.59 Å². The first-order valence-corrected chi connectivity index (χ1v) is 6.75. The van der Waals surface area contributed by atoms with Crippen LogP contribution in [0.4, 0.5) is 0 Å². The predicted molar refractivity (Wildman–Crippen MR) is 73.8 cm³/mol. The minimum Gasteiger partial charge on any atom is -0.481 e. The number of carboxylic acids is 2. The van der Waals surface area contributed by atoms with Crippen LogP contribution < -0.4 is 5.32 Å². The van der Waals surface area contributed by atoms with Crippen molar-refractivity contribution in [1.29, 1.82) is 0 Å². The van der Waals surface area contributed by atoms with E-state index in [1.165, 1.54) is 4.90 Å². The van der Waals surface area contributed by atoms with Crippen molar-refractivity contribution in [2.45, 2.75) is 43.9 Å². The zero-order valence-corrected chi connectivity index (χ0v) is 12.3. The molecule has 0 heterocycles. The molecule has 0 aromatic heterocycles. The SMILES string of the molecule is CN(CCCNC(CC(=O)O)C(=O)O)C(CC(O)O)C(O)O. The lowest BCUT2D eigenvalue weighted by atomic mass is 10.1. The van der Waals surface area contributed by atoms with Crippen LogP contribution in [0.3, 0.4) is 0 Å². The molecule has 10 heteroatoms. The largest absolute Gasteiger partial charge is 0.481 e. The number of nitrogens with zero attached hydrogens (tertiary/aromatic N) is 1. The van der Waals surface area contributed by atoms with Gasteiger partial charge in [-0.1, -0.05) is 0 Å². The molecule has 0 bridgehead atoms. The lowest BCUT2D eigenvalue weighted by molar-refractivity contribution is -0.146. The Kier molecular flexibility index (Phi) is 9.81. The molecule has 0 saturated carbocycles. The second-order valence-electron chi connectivity index (χ2n) is 4.97. The maximum atomic E-state index is 10.8. The van der Waals surface area contributed by atoms with Crippen LogP contribution in [0.2, 0.25) is 0 Å². The summed E-state index contributed by atoms with van der Waals surface area (Å²) in [6, 6.07) is -2.07. The van der Waals surface area contributed by atoms with Crippen LogP contribution in [0.1, 0.15) is 19.3 Å². The molecule has 2 unspecified atom stereocenters. The smallest absolute Gasteiger partial charge is 0.321 e. The van der Waals surface area contributed by atoms with Crippen molar-refractivity contribution in [2.24, 2.45) is 0 Å². The fourth-order valence-electron chi connectivity index (χ4n) is 1.94. The van der Waals surface area contributed by atoms with Gasteiger partial charge in [0.1, 0.15) is 6.04 Å². The third-order valence-corrected chi connectivity index (χ3v) is 3.12. The number of aliphatic hydroxyl groups is 4. The summed E-state index contributed by atoms with van der Waals surface area (Å²) in [5.41, 5.74) is 0. The molecule has 22 heavy (non-hydrogen) atoms. The van der Waals surface area contributed by atoms with Gasteiger partial charge in [0.25, 0.3) is 0 Å². The van der Waals surface area contributed by atoms with E-state index in [9.17, 15) is 19.8 Å². The summed E-state index contributed by atoms with van der Waals surface area (Å²) >= 11 is 0. The quantitative estimate of drug-likeness (QED) is 0.147. The Morgan fingerprint density at radius 2 is 1.73 bits per heavy atom. The van der Waals surface area contributed by atoms with Crippen molar-refractivity contribution in [1.82, 2.24) is 10.2 Å². The van der Waals surface area contributed by atoms with E-state index in [0.717, 1.165) is 0 Å². The Hall–Kier alpha value is -1.30. The van der Waals surface area contributed by atoms with Gasteiger partial charge in [0.15, 0.2) is 12.6 Å².